The second kappa shape index (κ2) is 11.2. The Morgan fingerprint density at radius 3 is 2.37 bits per heavy atom. The molecule has 4 rings (SSSR count). The van der Waals surface area contributed by atoms with Gasteiger partial charge >= 0.3 is 0 Å². The summed E-state index contributed by atoms with van der Waals surface area (Å²) in [5.41, 5.74) is 1.62. The third-order valence-corrected chi connectivity index (χ3v) is 6.77. The molecule has 1 aromatic heterocycles. The first-order chi connectivity index (χ1) is 16.9. The zero-order chi connectivity index (χ0) is 24.8. The second-order valence-corrected chi connectivity index (χ2v) is 8.99. The molecule has 1 saturated heterocycles. The van der Waals surface area contributed by atoms with Crippen LogP contribution < -0.4 is 15.0 Å². The Kier molecular flexibility index (Phi) is 7.86. The fourth-order valence-electron chi connectivity index (χ4n) is 3.73. The van der Waals surface area contributed by atoms with E-state index in [1.807, 2.05) is 4.90 Å². The number of aromatic nitrogens is 3. The van der Waals surface area contributed by atoms with E-state index in [1.54, 1.807) is 55.1 Å². The molecular formula is C24H27FN6O3S. The van der Waals surface area contributed by atoms with Gasteiger partial charge in [-0.05, 0) is 48.5 Å². The predicted molar refractivity (Wildman–Crippen MR) is 132 cm³/mol. The van der Waals surface area contributed by atoms with E-state index in [0.29, 0.717) is 48.6 Å². The van der Waals surface area contributed by atoms with Crippen LogP contribution in [0.15, 0.2) is 53.7 Å². The highest BCUT2D eigenvalue weighted by Crippen LogP contribution is 2.20. The second-order valence-electron chi connectivity index (χ2n) is 8.04. The quantitative estimate of drug-likeness (QED) is 0.477. The summed E-state index contributed by atoms with van der Waals surface area (Å²) in [4.78, 5) is 29.1. The van der Waals surface area contributed by atoms with Crippen LogP contribution in [0.5, 0.6) is 5.75 Å². The number of amides is 2. The van der Waals surface area contributed by atoms with Gasteiger partial charge in [0.1, 0.15) is 17.4 Å². The van der Waals surface area contributed by atoms with Crippen LogP contribution in [0.3, 0.4) is 0 Å². The third-order valence-electron chi connectivity index (χ3n) is 5.77. The molecule has 1 aliphatic heterocycles. The van der Waals surface area contributed by atoms with Crippen LogP contribution in [0.25, 0.3) is 0 Å². The Morgan fingerprint density at radius 2 is 1.71 bits per heavy atom. The number of hydrogen-bond acceptors (Lipinski definition) is 7. The minimum atomic E-state index is -0.260. The maximum absolute atomic E-state index is 13.1. The first-order valence-corrected chi connectivity index (χ1v) is 12.1. The Labute approximate surface area is 207 Å². The van der Waals surface area contributed by atoms with Crippen LogP contribution in [-0.4, -0.2) is 70.5 Å². The van der Waals surface area contributed by atoms with Gasteiger partial charge in [-0.2, -0.15) is 0 Å². The molecule has 1 N–H and O–H groups in total. The van der Waals surface area contributed by atoms with Gasteiger partial charge in [-0.15, -0.1) is 10.2 Å². The molecule has 1 aliphatic rings. The standard InChI is InChI=1S/C24H27FN6O3S/c1-29-21(15-22(32)26-18-5-9-20(34-2)10-6-18)27-28-24(29)35-16-23(33)31-13-11-30(12-14-31)19-7-3-17(25)4-8-19/h3-10H,11-16H2,1-2H3,(H,26,32). The number of carbonyl (C=O) groups is 2. The summed E-state index contributed by atoms with van der Waals surface area (Å²) in [5, 5.41) is 11.7. The number of thioether (sulfide) groups is 1. The predicted octanol–water partition coefficient (Wildman–Crippen LogP) is 2.58. The number of hydrogen-bond donors (Lipinski definition) is 1. The summed E-state index contributed by atoms with van der Waals surface area (Å²) in [5.74, 6) is 1.01. The van der Waals surface area contributed by atoms with Gasteiger partial charge < -0.3 is 24.4 Å². The first-order valence-electron chi connectivity index (χ1n) is 11.2. The number of ether oxygens (including phenoxy) is 1. The van der Waals surface area contributed by atoms with Gasteiger partial charge in [0.05, 0.1) is 19.3 Å². The highest BCUT2D eigenvalue weighted by molar-refractivity contribution is 7.99. The largest absolute Gasteiger partial charge is 0.497 e. The number of piperazine rings is 1. The molecule has 0 saturated carbocycles. The molecule has 2 aromatic carbocycles. The Balaban J connectivity index is 1.24. The average Bonchev–Trinajstić information content (AvgIpc) is 3.22. The molecule has 11 heteroatoms. The summed E-state index contributed by atoms with van der Waals surface area (Å²) in [6, 6.07) is 13.5. The zero-order valence-corrected chi connectivity index (χ0v) is 20.4. The molecule has 184 valence electrons. The number of nitrogens with one attached hydrogen (secondary N) is 1. The van der Waals surface area contributed by atoms with E-state index in [9.17, 15) is 14.0 Å². The van der Waals surface area contributed by atoms with E-state index in [2.05, 4.69) is 20.4 Å². The lowest BCUT2D eigenvalue weighted by atomic mass is 10.2. The molecule has 2 heterocycles. The number of carbonyl (C=O) groups excluding carboxylic acids is 2. The minimum Gasteiger partial charge on any atom is -0.497 e. The number of nitrogens with zero attached hydrogens (tertiary/aromatic N) is 5. The first kappa shape index (κ1) is 24.5. The monoisotopic (exact) mass is 498 g/mol. The summed E-state index contributed by atoms with van der Waals surface area (Å²) in [6.07, 6.45) is 0.0649. The fourth-order valence-corrected chi connectivity index (χ4v) is 4.56. The molecule has 0 aliphatic carbocycles. The number of methoxy groups -OCH3 is 1. The van der Waals surface area contributed by atoms with Gasteiger partial charge in [0.2, 0.25) is 11.8 Å². The molecular weight excluding hydrogens is 471 g/mol. The van der Waals surface area contributed by atoms with Crippen molar-refractivity contribution in [3.63, 3.8) is 0 Å². The molecule has 1 fully saturated rings. The molecule has 3 aromatic rings. The van der Waals surface area contributed by atoms with Crippen molar-refractivity contribution in [3.8, 4) is 5.75 Å². The maximum atomic E-state index is 13.1. The van der Waals surface area contributed by atoms with E-state index in [1.165, 1.54) is 23.9 Å². The highest BCUT2D eigenvalue weighted by Gasteiger charge is 2.22. The number of benzene rings is 2. The van der Waals surface area contributed by atoms with Crippen LogP contribution in [0.2, 0.25) is 0 Å². The van der Waals surface area contributed by atoms with Crippen molar-refractivity contribution in [1.29, 1.82) is 0 Å². The maximum Gasteiger partial charge on any atom is 0.233 e. The van der Waals surface area contributed by atoms with Crippen molar-refractivity contribution in [3.05, 3.63) is 60.2 Å². The molecule has 0 radical (unpaired) electrons. The molecule has 0 atom stereocenters. The van der Waals surface area contributed by atoms with Crippen molar-refractivity contribution in [1.82, 2.24) is 19.7 Å². The summed E-state index contributed by atoms with van der Waals surface area (Å²) < 4.78 is 20.0. The number of anilines is 2. The molecule has 9 nitrogen and oxygen atoms in total. The fraction of sp³-hybridized carbons (Fsp3) is 0.333. The smallest absolute Gasteiger partial charge is 0.233 e. The van der Waals surface area contributed by atoms with Gasteiger partial charge in [0.25, 0.3) is 0 Å². The molecule has 0 bridgehead atoms. The van der Waals surface area contributed by atoms with E-state index < -0.39 is 0 Å². The van der Waals surface area contributed by atoms with Crippen LogP contribution in [-0.2, 0) is 23.1 Å². The normalized spacial score (nSPS) is 13.6. The van der Waals surface area contributed by atoms with Crippen LogP contribution in [0.1, 0.15) is 5.82 Å². The van der Waals surface area contributed by atoms with Crippen molar-refractivity contribution >= 4 is 35.0 Å². The Hall–Kier alpha value is -3.60. The third kappa shape index (κ3) is 6.30. The lowest BCUT2D eigenvalue weighted by molar-refractivity contribution is -0.128. The molecule has 0 spiro atoms. The zero-order valence-electron chi connectivity index (χ0n) is 19.6. The number of halogens is 1. The molecule has 0 unspecified atom stereocenters. The van der Waals surface area contributed by atoms with Gasteiger partial charge in [0, 0.05) is 44.6 Å². The highest BCUT2D eigenvalue weighted by atomic mass is 32.2. The number of rotatable bonds is 8. The van der Waals surface area contributed by atoms with Gasteiger partial charge in [0.15, 0.2) is 5.16 Å². The van der Waals surface area contributed by atoms with E-state index >= 15 is 0 Å². The SMILES string of the molecule is COc1ccc(NC(=O)Cc2nnc(SCC(=O)N3CCN(c4ccc(F)cc4)CC3)n2C)cc1. The van der Waals surface area contributed by atoms with Crippen molar-refractivity contribution in [2.75, 3.05) is 49.3 Å². The molecule has 35 heavy (non-hydrogen) atoms. The average molecular weight is 499 g/mol. The van der Waals surface area contributed by atoms with Crippen LogP contribution >= 0.6 is 11.8 Å². The van der Waals surface area contributed by atoms with Gasteiger partial charge in [-0.25, -0.2) is 4.39 Å². The lowest BCUT2D eigenvalue weighted by Gasteiger charge is -2.36. The van der Waals surface area contributed by atoms with Crippen molar-refractivity contribution < 1.29 is 18.7 Å². The van der Waals surface area contributed by atoms with E-state index in [4.69, 9.17) is 4.74 Å². The summed E-state index contributed by atoms with van der Waals surface area (Å²) in [7, 11) is 3.37. The van der Waals surface area contributed by atoms with E-state index in [0.717, 1.165) is 5.69 Å². The Bertz CT molecular complexity index is 1160. The van der Waals surface area contributed by atoms with Crippen LogP contribution in [0, 0.1) is 5.82 Å². The summed E-state index contributed by atoms with van der Waals surface area (Å²) in [6.45, 7) is 2.59. The van der Waals surface area contributed by atoms with Gasteiger partial charge in [-0.1, -0.05) is 11.8 Å². The Morgan fingerprint density at radius 1 is 1.03 bits per heavy atom. The summed E-state index contributed by atoms with van der Waals surface area (Å²) >= 11 is 1.30. The lowest BCUT2D eigenvalue weighted by Crippen LogP contribution is -2.49. The van der Waals surface area contributed by atoms with Crippen molar-refractivity contribution in [2.45, 2.75) is 11.6 Å². The van der Waals surface area contributed by atoms with Crippen LogP contribution in [0.4, 0.5) is 15.8 Å². The minimum absolute atomic E-state index is 0.0237. The van der Waals surface area contributed by atoms with E-state index in [-0.39, 0.29) is 29.8 Å². The van der Waals surface area contributed by atoms with Gasteiger partial charge in [-0.3, -0.25) is 9.59 Å². The molecule has 2 amide bonds. The topological polar surface area (TPSA) is 92.6 Å². The van der Waals surface area contributed by atoms with Crippen molar-refractivity contribution in [2.24, 2.45) is 7.05 Å².